The Bertz CT molecular complexity index is 1510. The molecule has 1 aliphatic rings. The topological polar surface area (TPSA) is 95.5 Å². The van der Waals surface area contributed by atoms with Crippen LogP contribution in [0.25, 0.3) is 15.9 Å². The lowest BCUT2D eigenvalue weighted by Gasteiger charge is -2.17. The second-order valence-corrected chi connectivity index (χ2v) is 9.41. The minimum absolute atomic E-state index is 0.000253. The van der Waals surface area contributed by atoms with Gasteiger partial charge in [-0.25, -0.2) is 4.98 Å². The van der Waals surface area contributed by atoms with Crippen molar-refractivity contribution in [3.05, 3.63) is 73.0 Å². The summed E-state index contributed by atoms with van der Waals surface area (Å²) in [6.07, 6.45) is 4.14. The number of rotatable bonds is 2. The van der Waals surface area contributed by atoms with Gasteiger partial charge in [0.2, 0.25) is 0 Å². The van der Waals surface area contributed by atoms with Crippen molar-refractivity contribution < 1.29 is 9.90 Å². The van der Waals surface area contributed by atoms with E-state index in [9.17, 15) is 20.0 Å². The molecule has 3 heterocycles. The zero-order valence-corrected chi connectivity index (χ0v) is 18.0. The first kappa shape index (κ1) is 19.7. The van der Waals surface area contributed by atoms with Gasteiger partial charge in [0.1, 0.15) is 16.6 Å². The van der Waals surface area contributed by atoms with Crippen molar-refractivity contribution >= 4 is 44.6 Å². The van der Waals surface area contributed by atoms with Gasteiger partial charge in [0.05, 0.1) is 16.5 Å². The number of hydrogen-bond acceptors (Lipinski definition) is 6. The summed E-state index contributed by atoms with van der Waals surface area (Å²) in [5.74, 6) is -0.205. The normalized spacial score (nSPS) is 15.7. The Morgan fingerprint density at radius 1 is 1.39 bits per heavy atom. The number of nitriles is 1. The van der Waals surface area contributed by atoms with Gasteiger partial charge in [-0.2, -0.15) is 5.26 Å². The molecule has 0 amide bonds. The lowest BCUT2D eigenvalue weighted by Crippen LogP contribution is -2.19. The first-order valence-corrected chi connectivity index (χ1v) is 11.0. The molecule has 8 heteroatoms. The van der Waals surface area contributed by atoms with Gasteiger partial charge in [-0.1, -0.05) is 18.5 Å². The largest absolute Gasteiger partial charge is 0.507 e. The van der Waals surface area contributed by atoms with E-state index in [2.05, 4.69) is 11.9 Å². The molecule has 0 bridgehead atoms. The van der Waals surface area contributed by atoms with E-state index in [0.717, 1.165) is 24.8 Å². The Balaban J connectivity index is 1.78. The summed E-state index contributed by atoms with van der Waals surface area (Å²) in [5, 5.41) is 20.7. The highest BCUT2D eigenvalue weighted by Gasteiger charge is 2.25. The number of pyridine rings is 1. The van der Waals surface area contributed by atoms with Crippen LogP contribution in [0.3, 0.4) is 0 Å². The number of phenolic OH excluding ortho intramolecular Hbond substituents is 1. The number of hydrogen-bond donors (Lipinski definition) is 1. The van der Waals surface area contributed by atoms with Crippen LogP contribution in [0, 0.1) is 17.2 Å². The predicted octanol–water partition coefficient (Wildman–Crippen LogP) is 4.50. The Morgan fingerprint density at radius 3 is 2.97 bits per heavy atom. The van der Waals surface area contributed by atoms with Gasteiger partial charge in [0.15, 0.2) is 11.4 Å². The molecule has 1 atom stereocenters. The molecule has 0 spiro atoms. The molecule has 0 fully saturated rings. The first-order chi connectivity index (χ1) is 14.9. The SMILES string of the molecule is C[C@@H]1CCc2c(sc3nc4c(C#N)cc(C(=O)c5cc(Cl)ccc5O)cn4c(=O)c23)C1. The fourth-order valence-electron chi connectivity index (χ4n) is 4.16. The van der Waals surface area contributed by atoms with E-state index in [0.29, 0.717) is 21.2 Å². The van der Waals surface area contributed by atoms with Gasteiger partial charge in [-0.05, 0) is 55.0 Å². The molecule has 0 unspecified atom stereocenters. The van der Waals surface area contributed by atoms with Crippen molar-refractivity contribution in [2.45, 2.75) is 26.2 Å². The van der Waals surface area contributed by atoms with Gasteiger partial charge < -0.3 is 5.11 Å². The molecule has 0 radical (unpaired) electrons. The second kappa shape index (κ2) is 7.19. The van der Waals surface area contributed by atoms with Gasteiger partial charge in [0.25, 0.3) is 5.56 Å². The number of thiophene rings is 1. The number of carbonyl (C=O) groups is 1. The van der Waals surface area contributed by atoms with Crippen LogP contribution in [0.5, 0.6) is 5.75 Å². The molecule has 1 aromatic carbocycles. The van der Waals surface area contributed by atoms with Crippen LogP contribution in [-0.2, 0) is 12.8 Å². The number of benzene rings is 1. The third kappa shape index (κ3) is 3.11. The molecule has 1 aliphatic carbocycles. The molecule has 31 heavy (non-hydrogen) atoms. The van der Waals surface area contributed by atoms with Crippen LogP contribution in [0.2, 0.25) is 5.02 Å². The number of aromatic nitrogens is 2. The molecule has 154 valence electrons. The molecule has 4 aromatic rings. The van der Waals surface area contributed by atoms with Crippen molar-refractivity contribution in [3.8, 4) is 11.8 Å². The standard InChI is InChI=1S/C23H16ClN3O3S/c1-11-2-4-15-18(6-11)31-22-19(15)23(30)27-10-13(7-12(9-25)21(27)26-22)20(29)16-8-14(24)3-5-17(16)28/h3,5,7-8,10-11,28H,2,4,6H2,1H3/t11-/m1/s1. The van der Waals surface area contributed by atoms with Crippen molar-refractivity contribution in [2.75, 3.05) is 0 Å². The highest BCUT2D eigenvalue weighted by atomic mass is 35.5. The quantitative estimate of drug-likeness (QED) is 0.455. The van der Waals surface area contributed by atoms with E-state index in [4.69, 9.17) is 11.6 Å². The molecule has 0 saturated carbocycles. The van der Waals surface area contributed by atoms with Crippen LogP contribution in [-0.4, -0.2) is 20.3 Å². The zero-order chi connectivity index (χ0) is 21.9. The molecule has 6 nitrogen and oxygen atoms in total. The van der Waals surface area contributed by atoms with E-state index in [1.54, 1.807) is 0 Å². The Morgan fingerprint density at radius 2 is 2.19 bits per heavy atom. The summed E-state index contributed by atoms with van der Waals surface area (Å²) in [6.45, 7) is 2.20. The minimum Gasteiger partial charge on any atom is -0.507 e. The van der Waals surface area contributed by atoms with Crippen LogP contribution in [0.4, 0.5) is 0 Å². The predicted molar refractivity (Wildman–Crippen MR) is 119 cm³/mol. The number of nitrogens with zero attached hydrogens (tertiary/aromatic N) is 3. The summed E-state index contributed by atoms with van der Waals surface area (Å²) >= 11 is 7.49. The van der Waals surface area contributed by atoms with E-state index >= 15 is 0 Å². The summed E-state index contributed by atoms with van der Waals surface area (Å²) in [5.41, 5.74) is 1.19. The number of aryl methyl sites for hydroxylation is 1. The van der Waals surface area contributed by atoms with Gasteiger partial charge >= 0.3 is 0 Å². The highest BCUT2D eigenvalue weighted by Crippen LogP contribution is 2.36. The average Bonchev–Trinajstić information content (AvgIpc) is 3.12. The van der Waals surface area contributed by atoms with Gasteiger partial charge in [-0.3, -0.25) is 14.0 Å². The number of ketones is 1. The molecule has 5 rings (SSSR count). The van der Waals surface area contributed by atoms with Gasteiger partial charge in [-0.15, -0.1) is 11.3 Å². The van der Waals surface area contributed by atoms with Crippen molar-refractivity contribution in [2.24, 2.45) is 5.92 Å². The Labute approximate surface area is 186 Å². The lowest BCUT2D eigenvalue weighted by molar-refractivity contribution is 0.103. The average molecular weight is 450 g/mol. The second-order valence-electron chi connectivity index (χ2n) is 7.89. The maximum Gasteiger partial charge on any atom is 0.266 e. The smallest absolute Gasteiger partial charge is 0.266 e. The summed E-state index contributed by atoms with van der Waals surface area (Å²) < 4.78 is 1.28. The monoisotopic (exact) mass is 449 g/mol. The lowest BCUT2D eigenvalue weighted by atomic mass is 9.89. The van der Waals surface area contributed by atoms with Crippen molar-refractivity contribution in [1.29, 1.82) is 5.26 Å². The molecular weight excluding hydrogens is 434 g/mol. The van der Waals surface area contributed by atoms with Gasteiger partial charge in [0, 0.05) is 21.7 Å². The third-order valence-corrected chi connectivity index (χ3v) is 7.14. The highest BCUT2D eigenvalue weighted by molar-refractivity contribution is 7.18. The molecule has 1 N–H and O–H groups in total. The number of phenols is 1. The molecular formula is C23H16ClN3O3S. The van der Waals surface area contributed by atoms with Crippen LogP contribution in [0.15, 0.2) is 35.3 Å². The maximum absolute atomic E-state index is 13.4. The van der Waals surface area contributed by atoms with E-state index in [1.807, 2.05) is 6.07 Å². The Hall–Kier alpha value is -3.21. The molecule has 0 saturated heterocycles. The van der Waals surface area contributed by atoms with Crippen LogP contribution >= 0.6 is 22.9 Å². The maximum atomic E-state index is 13.4. The van der Waals surface area contributed by atoms with Crippen LogP contribution < -0.4 is 5.56 Å². The van der Waals surface area contributed by atoms with E-state index < -0.39 is 5.78 Å². The zero-order valence-electron chi connectivity index (χ0n) is 16.5. The van der Waals surface area contributed by atoms with Crippen LogP contribution in [0.1, 0.15) is 45.3 Å². The fraction of sp³-hybridized carbons (Fsp3) is 0.217. The van der Waals surface area contributed by atoms with E-state index in [-0.39, 0.29) is 33.6 Å². The first-order valence-electron chi connectivity index (χ1n) is 9.81. The number of aromatic hydroxyl groups is 1. The number of fused-ring (bicyclic) bond motifs is 4. The fourth-order valence-corrected chi connectivity index (χ4v) is 5.71. The van der Waals surface area contributed by atoms with Crippen molar-refractivity contribution in [3.63, 3.8) is 0 Å². The van der Waals surface area contributed by atoms with Crippen molar-refractivity contribution in [1.82, 2.24) is 9.38 Å². The Kier molecular flexibility index (Phi) is 4.58. The van der Waals surface area contributed by atoms with E-state index in [1.165, 1.54) is 51.1 Å². The summed E-state index contributed by atoms with van der Waals surface area (Å²) in [4.78, 5) is 32.9. The minimum atomic E-state index is -0.536. The molecule has 0 aliphatic heterocycles. The third-order valence-electron chi connectivity index (χ3n) is 5.76. The summed E-state index contributed by atoms with van der Waals surface area (Å²) in [6, 6.07) is 7.60. The number of carbonyl (C=O) groups excluding carboxylic acids is 1. The molecule has 3 aromatic heterocycles. The summed E-state index contributed by atoms with van der Waals surface area (Å²) in [7, 11) is 0. The number of halogens is 1.